The highest BCUT2D eigenvalue weighted by Gasteiger charge is 2.26. The Bertz CT molecular complexity index is 981. The van der Waals surface area contributed by atoms with E-state index in [1.54, 1.807) is 0 Å². The van der Waals surface area contributed by atoms with E-state index in [0.717, 1.165) is 25.7 Å². The number of hydrogen-bond donors (Lipinski definition) is 0. The highest BCUT2D eigenvalue weighted by atomic mass is 16.6. The normalized spacial score (nSPS) is 12.0. The number of ether oxygens (including phenoxy) is 5. The number of esters is 5. The SMILES string of the molecule is CCCCCCCCCCCCCCCC(=O)OCC(COC(=O)CCCCCCCCCCCCCCC)OC(=O)COC(=O)C[C@@H](C[N+](C)(C)C)OC(C)=O. The Morgan fingerprint density at radius 3 is 1.11 bits per heavy atom. The molecule has 0 rings (SSSR count). The Kier molecular flexibility index (Phi) is 35.8. The number of rotatable bonds is 40. The minimum atomic E-state index is -1.05. The van der Waals surface area contributed by atoms with Gasteiger partial charge in [0.1, 0.15) is 19.8 Å². The molecular formula is C46H86NO10+. The van der Waals surface area contributed by atoms with Crippen molar-refractivity contribution in [2.75, 3.05) is 47.5 Å². The average Bonchev–Trinajstić information content (AvgIpc) is 3.14. The number of carbonyl (C=O) groups excluding carboxylic acids is 5. The van der Waals surface area contributed by atoms with Crippen LogP contribution in [-0.2, 0) is 47.7 Å². The predicted molar refractivity (Wildman–Crippen MR) is 226 cm³/mol. The van der Waals surface area contributed by atoms with Crippen LogP contribution in [0.25, 0.3) is 0 Å². The van der Waals surface area contributed by atoms with E-state index in [1.165, 1.54) is 135 Å². The smallest absolute Gasteiger partial charge is 0.344 e. The molecule has 0 saturated heterocycles. The second-order valence-corrected chi connectivity index (χ2v) is 17.0. The summed E-state index contributed by atoms with van der Waals surface area (Å²) in [5.74, 6) is -2.92. The first-order valence-corrected chi connectivity index (χ1v) is 23.0. The summed E-state index contributed by atoms with van der Waals surface area (Å²) >= 11 is 0. The third-order valence-corrected chi connectivity index (χ3v) is 9.96. The third kappa shape index (κ3) is 39.9. The molecule has 1 atom stereocenters. The first-order valence-electron chi connectivity index (χ1n) is 23.0. The number of unbranched alkanes of at least 4 members (excludes halogenated alkanes) is 24. The van der Waals surface area contributed by atoms with Crippen LogP contribution < -0.4 is 0 Å². The van der Waals surface area contributed by atoms with Gasteiger partial charge in [-0.15, -0.1) is 0 Å². The second kappa shape index (κ2) is 37.6. The first-order chi connectivity index (χ1) is 27.4. The maximum atomic E-state index is 12.7. The summed E-state index contributed by atoms with van der Waals surface area (Å²) in [6.07, 6.45) is 29.9. The lowest BCUT2D eigenvalue weighted by atomic mass is 10.0. The van der Waals surface area contributed by atoms with Crippen molar-refractivity contribution in [2.45, 2.75) is 219 Å². The summed E-state index contributed by atoms with van der Waals surface area (Å²) in [5.41, 5.74) is 0. The standard InChI is InChI=1S/C46H86NO10/c1-7-9-11-13-15-17-19-21-23-25-27-29-31-33-43(49)53-37-42(57-46(52)39-55-45(51)35-41(56-40(3)48)36-47(4,5)6)38-54-44(50)34-32-30-28-26-24-22-20-18-16-14-12-10-8-2/h41-42H,7-39H2,1-6H3/q+1/t41-/m0/s1. The molecule has 0 saturated carbocycles. The summed E-state index contributed by atoms with van der Waals surface area (Å²) < 4.78 is 27.1. The van der Waals surface area contributed by atoms with Crippen molar-refractivity contribution in [2.24, 2.45) is 0 Å². The number of quaternary nitrogens is 1. The van der Waals surface area contributed by atoms with Gasteiger partial charge in [-0.1, -0.05) is 168 Å². The fraction of sp³-hybridized carbons (Fsp3) is 0.891. The number of nitrogens with zero attached hydrogens (tertiary/aromatic N) is 1. The molecular weight excluding hydrogens is 727 g/mol. The molecule has 0 heterocycles. The van der Waals surface area contributed by atoms with Crippen LogP contribution in [-0.4, -0.2) is 94.0 Å². The zero-order chi connectivity index (χ0) is 42.4. The highest BCUT2D eigenvalue weighted by molar-refractivity contribution is 5.77. The average molecular weight is 813 g/mol. The first kappa shape index (κ1) is 54.3. The van der Waals surface area contributed by atoms with E-state index >= 15 is 0 Å². The zero-order valence-electron chi connectivity index (χ0n) is 37.5. The van der Waals surface area contributed by atoms with Crippen molar-refractivity contribution in [3.05, 3.63) is 0 Å². The summed E-state index contributed by atoms with van der Waals surface area (Å²) in [7, 11) is 5.70. The van der Waals surface area contributed by atoms with Crippen LogP contribution in [0.15, 0.2) is 0 Å². The molecule has 0 aromatic rings. The third-order valence-electron chi connectivity index (χ3n) is 9.96. The maximum Gasteiger partial charge on any atom is 0.344 e. The lowest BCUT2D eigenvalue weighted by molar-refractivity contribution is -0.873. The van der Waals surface area contributed by atoms with Crippen LogP contribution in [0.5, 0.6) is 0 Å². The van der Waals surface area contributed by atoms with Crippen molar-refractivity contribution in [3.8, 4) is 0 Å². The van der Waals surface area contributed by atoms with Crippen LogP contribution in [0.1, 0.15) is 207 Å². The topological polar surface area (TPSA) is 132 Å². The van der Waals surface area contributed by atoms with Crippen LogP contribution >= 0.6 is 0 Å². The molecule has 11 nitrogen and oxygen atoms in total. The minimum absolute atomic E-state index is 0.223. The Balaban J connectivity index is 4.65. The van der Waals surface area contributed by atoms with Crippen molar-refractivity contribution in [3.63, 3.8) is 0 Å². The molecule has 11 heteroatoms. The Morgan fingerprint density at radius 2 is 0.772 bits per heavy atom. The van der Waals surface area contributed by atoms with Crippen molar-refractivity contribution in [1.29, 1.82) is 0 Å². The van der Waals surface area contributed by atoms with Crippen LogP contribution in [0.2, 0.25) is 0 Å². The lowest BCUT2D eigenvalue weighted by Crippen LogP contribution is -2.43. The summed E-state index contributed by atoms with van der Waals surface area (Å²) in [5, 5.41) is 0. The Hall–Kier alpha value is -2.69. The molecule has 0 amide bonds. The summed E-state index contributed by atoms with van der Waals surface area (Å²) in [6.45, 7) is 4.88. The minimum Gasteiger partial charge on any atom is -0.462 e. The van der Waals surface area contributed by atoms with Gasteiger partial charge in [-0.3, -0.25) is 19.2 Å². The fourth-order valence-electron chi connectivity index (χ4n) is 6.80. The van der Waals surface area contributed by atoms with Gasteiger partial charge in [-0.05, 0) is 12.8 Å². The molecule has 0 bridgehead atoms. The van der Waals surface area contributed by atoms with Crippen molar-refractivity contribution in [1.82, 2.24) is 0 Å². The zero-order valence-corrected chi connectivity index (χ0v) is 37.5. The van der Waals surface area contributed by atoms with Crippen LogP contribution in [0.4, 0.5) is 0 Å². The molecule has 0 N–H and O–H groups in total. The van der Waals surface area contributed by atoms with Gasteiger partial charge in [-0.2, -0.15) is 0 Å². The van der Waals surface area contributed by atoms with Gasteiger partial charge in [-0.25, -0.2) is 4.79 Å². The van der Waals surface area contributed by atoms with Crippen molar-refractivity contribution < 1.29 is 52.1 Å². The summed E-state index contributed by atoms with van der Waals surface area (Å²) in [4.78, 5) is 61.8. The maximum absolute atomic E-state index is 12.7. The quantitative estimate of drug-likeness (QED) is 0.0255. The van der Waals surface area contributed by atoms with Gasteiger partial charge >= 0.3 is 29.8 Å². The van der Waals surface area contributed by atoms with E-state index < -0.39 is 48.7 Å². The van der Waals surface area contributed by atoms with E-state index in [2.05, 4.69) is 13.8 Å². The molecule has 0 aromatic carbocycles. The molecule has 0 spiro atoms. The van der Waals surface area contributed by atoms with E-state index in [-0.39, 0.29) is 32.5 Å². The Labute approximate surface area is 348 Å². The highest BCUT2D eigenvalue weighted by Crippen LogP contribution is 2.15. The molecule has 0 aliphatic rings. The Morgan fingerprint density at radius 1 is 0.421 bits per heavy atom. The van der Waals surface area contributed by atoms with Crippen molar-refractivity contribution >= 4 is 29.8 Å². The molecule has 0 aliphatic carbocycles. The summed E-state index contributed by atoms with van der Waals surface area (Å²) in [6, 6.07) is 0. The lowest BCUT2D eigenvalue weighted by Gasteiger charge is -2.28. The van der Waals surface area contributed by atoms with Crippen LogP contribution in [0.3, 0.4) is 0 Å². The largest absolute Gasteiger partial charge is 0.462 e. The number of likely N-dealkylation sites (N-methyl/N-ethyl adjacent to an activating group) is 1. The van der Waals surface area contributed by atoms with E-state index in [1.807, 2.05) is 21.1 Å². The monoisotopic (exact) mass is 813 g/mol. The molecule has 0 aromatic heterocycles. The fourth-order valence-corrected chi connectivity index (χ4v) is 6.80. The van der Waals surface area contributed by atoms with E-state index in [9.17, 15) is 24.0 Å². The molecule has 0 unspecified atom stereocenters. The predicted octanol–water partition coefficient (Wildman–Crippen LogP) is 10.5. The number of carbonyl (C=O) groups is 5. The van der Waals surface area contributed by atoms with E-state index in [0.29, 0.717) is 23.9 Å². The molecule has 0 aliphatic heterocycles. The van der Waals surface area contributed by atoms with Gasteiger partial charge in [0.15, 0.2) is 18.8 Å². The molecule has 0 radical (unpaired) electrons. The molecule has 57 heavy (non-hydrogen) atoms. The van der Waals surface area contributed by atoms with E-state index in [4.69, 9.17) is 23.7 Å². The van der Waals surface area contributed by atoms with Gasteiger partial charge in [0.2, 0.25) is 0 Å². The molecule has 0 fully saturated rings. The van der Waals surface area contributed by atoms with Gasteiger partial charge < -0.3 is 28.2 Å². The van der Waals surface area contributed by atoms with Crippen LogP contribution in [0, 0.1) is 0 Å². The molecule has 334 valence electrons. The second-order valence-electron chi connectivity index (χ2n) is 17.0. The number of hydrogen-bond acceptors (Lipinski definition) is 10. The van der Waals surface area contributed by atoms with Gasteiger partial charge in [0, 0.05) is 19.8 Å². The van der Waals surface area contributed by atoms with Gasteiger partial charge in [0.05, 0.1) is 27.6 Å². The van der Waals surface area contributed by atoms with Gasteiger partial charge in [0.25, 0.3) is 0 Å².